The Bertz CT molecular complexity index is 708. The largest absolute Gasteiger partial charge is 0.493 e. The van der Waals surface area contributed by atoms with Gasteiger partial charge in [0.25, 0.3) is 0 Å². The minimum atomic E-state index is 0.657. The van der Waals surface area contributed by atoms with Crippen molar-refractivity contribution < 1.29 is 4.74 Å². The first kappa shape index (κ1) is 20.6. The summed E-state index contributed by atoms with van der Waals surface area (Å²) in [5.74, 6) is 4.57. The van der Waals surface area contributed by atoms with Crippen LogP contribution in [0.5, 0.6) is 5.75 Å². The molecular formula is C17H25BrN6OS. The van der Waals surface area contributed by atoms with Crippen molar-refractivity contribution in [2.24, 2.45) is 12.0 Å². The number of ether oxygens (including phenoxy) is 1. The molecule has 142 valence electrons. The molecular weight excluding hydrogens is 416 g/mol. The Labute approximate surface area is 167 Å². The second-order valence-corrected chi connectivity index (χ2v) is 7.69. The maximum absolute atomic E-state index is 5.73. The summed E-state index contributed by atoms with van der Waals surface area (Å²) in [7, 11) is 5.66. The van der Waals surface area contributed by atoms with Crippen LogP contribution in [0, 0.1) is 0 Å². The van der Waals surface area contributed by atoms with Crippen molar-refractivity contribution in [1.82, 2.24) is 25.0 Å². The van der Waals surface area contributed by atoms with E-state index in [1.54, 1.807) is 18.1 Å². The van der Waals surface area contributed by atoms with Gasteiger partial charge in [0, 0.05) is 43.7 Å². The van der Waals surface area contributed by atoms with Gasteiger partial charge in [-0.3, -0.25) is 9.67 Å². The maximum atomic E-state index is 5.73. The highest BCUT2D eigenvalue weighted by Gasteiger charge is 2.09. The number of aromatic nitrogens is 3. The number of nitrogens with zero attached hydrogens (tertiary/aromatic N) is 5. The minimum Gasteiger partial charge on any atom is -0.493 e. The SMILES string of the molecule is CN=C(NCCSCCOc1cccc(Br)c1)N(C)Cc1ncnn1C. The number of hydrogen-bond donors (Lipinski definition) is 1. The predicted octanol–water partition coefficient (Wildman–Crippen LogP) is 2.40. The third kappa shape index (κ3) is 6.87. The van der Waals surface area contributed by atoms with Crippen molar-refractivity contribution >= 4 is 33.7 Å². The van der Waals surface area contributed by atoms with Crippen molar-refractivity contribution in [3.8, 4) is 5.75 Å². The molecule has 2 rings (SSSR count). The molecule has 7 nitrogen and oxygen atoms in total. The van der Waals surface area contributed by atoms with Gasteiger partial charge in [-0.25, -0.2) is 4.98 Å². The topological polar surface area (TPSA) is 67.6 Å². The molecule has 1 aromatic carbocycles. The molecule has 0 atom stereocenters. The summed E-state index contributed by atoms with van der Waals surface area (Å²) in [5.41, 5.74) is 0. The zero-order valence-electron chi connectivity index (χ0n) is 15.4. The van der Waals surface area contributed by atoms with E-state index in [-0.39, 0.29) is 0 Å². The third-order valence-electron chi connectivity index (χ3n) is 3.58. The highest BCUT2D eigenvalue weighted by molar-refractivity contribution is 9.10. The number of rotatable bonds is 9. The van der Waals surface area contributed by atoms with Crippen LogP contribution in [0.3, 0.4) is 0 Å². The van der Waals surface area contributed by atoms with Crippen LogP contribution in [-0.2, 0) is 13.6 Å². The van der Waals surface area contributed by atoms with Gasteiger partial charge >= 0.3 is 0 Å². The summed E-state index contributed by atoms with van der Waals surface area (Å²) in [6.07, 6.45) is 1.56. The molecule has 0 radical (unpaired) electrons. The van der Waals surface area contributed by atoms with Gasteiger partial charge in [-0.1, -0.05) is 22.0 Å². The number of aryl methyl sites for hydroxylation is 1. The molecule has 1 aromatic heterocycles. The lowest BCUT2D eigenvalue weighted by Gasteiger charge is -2.21. The highest BCUT2D eigenvalue weighted by Crippen LogP contribution is 2.17. The van der Waals surface area contributed by atoms with E-state index in [4.69, 9.17) is 4.74 Å². The predicted molar refractivity (Wildman–Crippen MR) is 111 cm³/mol. The number of benzene rings is 1. The fourth-order valence-electron chi connectivity index (χ4n) is 2.25. The minimum absolute atomic E-state index is 0.657. The summed E-state index contributed by atoms with van der Waals surface area (Å²) < 4.78 is 8.53. The van der Waals surface area contributed by atoms with E-state index in [1.165, 1.54) is 0 Å². The van der Waals surface area contributed by atoms with E-state index in [9.17, 15) is 0 Å². The Morgan fingerprint density at radius 1 is 1.42 bits per heavy atom. The number of thioether (sulfide) groups is 1. The van der Waals surface area contributed by atoms with Crippen molar-refractivity contribution in [3.63, 3.8) is 0 Å². The molecule has 1 heterocycles. The van der Waals surface area contributed by atoms with Gasteiger partial charge in [-0.05, 0) is 18.2 Å². The number of aliphatic imine (C=N–C) groups is 1. The zero-order valence-corrected chi connectivity index (χ0v) is 17.8. The average Bonchev–Trinajstić information content (AvgIpc) is 3.02. The van der Waals surface area contributed by atoms with Gasteiger partial charge in [0.15, 0.2) is 5.96 Å². The Morgan fingerprint density at radius 2 is 2.27 bits per heavy atom. The normalized spacial score (nSPS) is 11.5. The Morgan fingerprint density at radius 3 is 2.96 bits per heavy atom. The first-order valence-corrected chi connectivity index (χ1v) is 10.3. The number of nitrogens with one attached hydrogen (secondary N) is 1. The third-order valence-corrected chi connectivity index (χ3v) is 5.02. The molecule has 26 heavy (non-hydrogen) atoms. The summed E-state index contributed by atoms with van der Waals surface area (Å²) in [6, 6.07) is 7.90. The number of halogens is 1. The smallest absolute Gasteiger partial charge is 0.193 e. The highest BCUT2D eigenvalue weighted by atomic mass is 79.9. The summed E-state index contributed by atoms with van der Waals surface area (Å²) >= 11 is 5.29. The lowest BCUT2D eigenvalue weighted by Crippen LogP contribution is -2.40. The molecule has 0 fully saturated rings. The molecule has 2 aromatic rings. The first-order chi connectivity index (χ1) is 12.6. The van der Waals surface area contributed by atoms with Gasteiger partial charge in [-0.2, -0.15) is 16.9 Å². The van der Waals surface area contributed by atoms with Gasteiger partial charge in [0.05, 0.1) is 13.2 Å². The van der Waals surface area contributed by atoms with Crippen LogP contribution >= 0.6 is 27.7 Å². The molecule has 0 bridgehead atoms. The molecule has 0 spiro atoms. The molecule has 0 aliphatic rings. The summed E-state index contributed by atoms with van der Waals surface area (Å²) in [5, 5.41) is 7.45. The molecule has 0 aliphatic carbocycles. The zero-order chi connectivity index (χ0) is 18.8. The second-order valence-electron chi connectivity index (χ2n) is 5.55. The molecule has 9 heteroatoms. The molecule has 0 saturated carbocycles. The van der Waals surface area contributed by atoms with Gasteiger partial charge in [0.2, 0.25) is 0 Å². The van der Waals surface area contributed by atoms with Gasteiger partial charge in [0.1, 0.15) is 17.9 Å². The summed E-state index contributed by atoms with van der Waals surface area (Å²) in [6.45, 7) is 2.20. The molecule has 0 aliphatic heterocycles. The fraction of sp³-hybridized carbons (Fsp3) is 0.471. The van der Waals surface area contributed by atoms with Crippen molar-refractivity contribution in [2.45, 2.75) is 6.54 Å². The maximum Gasteiger partial charge on any atom is 0.193 e. The van der Waals surface area contributed by atoms with Crippen LogP contribution < -0.4 is 10.1 Å². The molecule has 1 N–H and O–H groups in total. The van der Waals surface area contributed by atoms with Crippen LogP contribution in [0.15, 0.2) is 40.1 Å². The van der Waals surface area contributed by atoms with Gasteiger partial charge < -0.3 is 15.0 Å². The lowest BCUT2D eigenvalue weighted by atomic mass is 10.3. The molecule has 0 unspecified atom stereocenters. The van der Waals surface area contributed by atoms with E-state index >= 15 is 0 Å². The van der Waals surface area contributed by atoms with E-state index in [0.29, 0.717) is 13.2 Å². The quantitative estimate of drug-likeness (QED) is 0.366. The number of guanidine groups is 1. The van der Waals surface area contributed by atoms with Crippen LogP contribution in [0.2, 0.25) is 0 Å². The van der Waals surface area contributed by atoms with Crippen molar-refractivity contribution in [2.75, 3.05) is 38.8 Å². The first-order valence-electron chi connectivity index (χ1n) is 8.31. The van der Waals surface area contributed by atoms with E-state index in [1.807, 2.05) is 55.0 Å². The van der Waals surface area contributed by atoms with Crippen molar-refractivity contribution in [3.05, 3.63) is 40.9 Å². The van der Waals surface area contributed by atoms with E-state index < -0.39 is 0 Å². The monoisotopic (exact) mass is 440 g/mol. The number of hydrogen-bond acceptors (Lipinski definition) is 5. The van der Waals surface area contributed by atoms with E-state index in [0.717, 1.165) is 40.1 Å². The lowest BCUT2D eigenvalue weighted by molar-refractivity contribution is 0.344. The van der Waals surface area contributed by atoms with Crippen molar-refractivity contribution in [1.29, 1.82) is 0 Å². The van der Waals surface area contributed by atoms with Crippen LogP contribution in [0.25, 0.3) is 0 Å². The van der Waals surface area contributed by atoms with Crippen LogP contribution in [-0.4, -0.2) is 64.4 Å². The standard InChI is InChI=1S/C17H25BrN6OS/c1-19-17(23(2)12-16-21-13-22-24(16)3)20-7-9-26-10-8-25-15-6-4-5-14(18)11-15/h4-6,11,13H,7-10,12H2,1-3H3,(H,19,20). The second kappa shape index (κ2) is 11.1. The fourth-order valence-corrected chi connectivity index (χ4v) is 3.28. The van der Waals surface area contributed by atoms with Crippen LogP contribution in [0.1, 0.15) is 5.82 Å². The summed E-state index contributed by atoms with van der Waals surface area (Å²) in [4.78, 5) is 10.6. The Hall–Kier alpha value is -1.74. The Balaban J connectivity index is 1.59. The van der Waals surface area contributed by atoms with E-state index in [2.05, 4.69) is 36.3 Å². The average molecular weight is 441 g/mol. The van der Waals surface area contributed by atoms with Crippen LogP contribution in [0.4, 0.5) is 0 Å². The molecule has 0 saturated heterocycles. The Kier molecular flexibility index (Phi) is 8.76. The molecule has 0 amide bonds. The van der Waals surface area contributed by atoms with Gasteiger partial charge in [-0.15, -0.1) is 0 Å².